The largest absolute Gasteiger partial charge is 0.507 e. The molecule has 0 aliphatic carbocycles. The van der Waals surface area contributed by atoms with Gasteiger partial charge in [0, 0.05) is 26.3 Å². The molecule has 1 unspecified atom stereocenters. The van der Waals surface area contributed by atoms with Gasteiger partial charge in [-0.15, -0.1) is 0 Å². The highest BCUT2D eigenvalue weighted by Gasteiger charge is 2.47. The molecule has 3 N–H and O–H groups in total. The molecule has 0 amide bonds. The number of alkyl halides is 3. The number of hydrogen-bond donors (Lipinski definition) is 3. The van der Waals surface area contributed by atoms with E-state index in [9.17, 15) is 28.2 Å². The van der Waals surface area contributed by atoms with Crippen LogP contribution in [0.5, 0.6) is 5.75 Å². The van der Waals surface area contributed by atoms with E-state index < -0.39 is 18.1 Å². The van der Waals surface area contributed by atoms with E-state index in [-0.39, 0.29) is 11.3 Å². The van der Waals surface area contributed by atoms with Crippen LogP contribution in [0.4, 0.5) is 13.2 Å². The number of carboxylic acid groups (broad SMARTS) is 2. The lowest BCUT2D eigenvalue weighted by atomic mass is 9.65. The second-order valence-electron chi connectivity index (χ2n) is 8.23. The minimum Gasteiger partial charge on any atom is -0.507 e. The van der Waals surface area contributed by atoms with Crippen LogP contribution in [0, 0.1) is 25.2 Å². The van der Waals surface area contributed by atoms with Gasteiger partial charge in [-0.05, 0) is 61.8 Å². The second-order valence-corrected chi connectivity index (χ2v) is 8.23. The number of benzene rings is 1. The average Bonchev–Trinajstić information content (AvgIpc) is 2.68. The molecule has 2 aliphatic heterocycles. The van der Waals surface area contributed by atoms with Crippen LogP contribution >= 0.6 is 0 Å². The van der Waals surface area contributed by atoms with Gasteiger partial charge in [-0.25, -0.2) is 4.79 Å². The fourth-order valence-electron chi connectivity index (χ4n) is 4.35. The number of carbonyl (C=O) groups is 2. The van der Waals surface area contributed by atoms with E-state index in [0.29, 0.717) is 25.5 Å². The zero-order valence-corrected chi connectivity index (χ0v) is 17.5. The number of phenolic OH excluding ortho intramolecular Hbond substituents is 1. The number of aryl methyl sites for hydroxylation is 2. The summed E-state index contributed by atoms with van der Waals surface area (Å²) in [6, 6.07) is 3.99. The summed E-state index contributed by atoms with van der Waals surface area (Å²) >= 11 is 0. The molecule has 1 aromatic carbocycles. The molecule has 2 aliphatic rings. The van der Waals surface area contributed by atoms with Gasteiger partial charge in [0.1, 0.15) is 5.75 Å². The normalized spacial score (nSPS) is 21.3. The lowest BCUT2D eigenvalue weighted by Crippen LogP contribution is -2.52. The van der Waals surface area contributed by atoms with Crippen LogP contribution in [-0.2, 0) is 20.9 Å². The summed E-state index contributed by atoms with van der Waals surface area (Å²) in [6.45, 7) is 7.41. The average molecular weight is 447 g/mol. The minimum atomic E-state index is -5.08. The van der Waals surface area contributed by atoms with Crippen LogP contribution in [0.15, 0.2) is 12.1 Å². The number of ether oxygens (including phenoxy) is 1. The fraction of sp³-hybridized carbons (Fsp3) is 0.619. The highest BCUT2D eigenvalue weighted by molar-refractivity contribution is 5.73. The van der Waals surface area contributed by atoms with E-state index in [2.05, 4.69) is 4.90 Å². The van der Waals surface area contributed by atoms with Gasteiger partial charge in [-0.3, -0.25) is 9.69 Å². The molecule has 174 valence electrons. The number of halogens is 3. The number of aliphatic carboxylic acids is 2. The predicted octanol–water partition coefficient (Wildman–Crippen LogP) is 3.35. The molecule has 3 rings (SSSR count). The summed E-state index contributed by atoms with van der Waals surface area (Å²) in [7, 11) is 0. The molecule has 10 heteroatoms. The summed E-state index contributed by atoms with van der Waals surface area (Å²) in [5.41, 5.74) is 2.78. The summed E-state index contributed by atoms with van der Waals surface area (Å²) in [5.74, 6) is -3.41. The van der Waals surface area contributed by atoms with Crippen LogP contribution in [0.3, 0.4) is 0 Å². The van der Waals surface area contributed by atoms with Gasteiger partial charge in [0.15, 0.2) is 0 Å². The van der Waals surface area contributed by atoms with Crippen molar-refractivity contribution >= 4 is 11.9 Å². The molecule has 1 aromatic rings. The van der Waals surface area contributed by atoms with Gasteiger partial charge in [0.25, 0.3) is 0 Å². The van der Waals surface area contributed by atoms with E-state index in [1.807, 2.05) is 26.0 Å². The standard InChI is InChI=1S/C19H27NO4.C2HF3O2/c1-13-9-15(10-14(2)17(13)21)11-20-6-3-19(4-7-24-8-5-19)16(12-20)18(22)23;3-2(4,5)1(6)7/h9-10,16,21H,3-8,11-12H2,1-2H3,(H,22,23);(H,6,7). The van der Waals surface area contributed by atoms with Crippen LogP contribution in [0.25, 0.3) is 0 Å². The van der Waals surface area contributed by atoms with Crippen molar-refractivity contribution < 1.29 is 42.8 Å². The Balaban J connectivity index is 0.000000423. The third-order valence-electron chi connectivity index (χ3n) is 6.09. The van der Waals surface area contributed by atoms with Crippen molar-refractivity contribution in [2.45, 2.75) is 45.8 Å². The molecular weight excluding hydrogens is 419 g/mol. The number of nitrogens with zero attached hydrogens (tertiary/aromatic N) is 1. The van der Waals surface area contributed by atoms with Crippen molar-refractivity contribution in [1.82, 2.24) is 4.90 Å². The van der Waals surface area contributed by atoms with E-state index in [4.69, 9.17) is 14.6 Å². The fourth-order valence-corrected chi connectivity index (χ4v) is 4.35. The maximum atomic E-state index is 11.9. The smallest absolute Gasteiger partial charge is 0.490 e. The molecule has 31 heavy (non-hydrogen) atoms. The van der Waals surface area contributed by atoms with Crippen LogP contribution in [-0.4, -0.2) is 64.6 Å². The Morgan fingerprint density at radius 3 is 2.10 bits per heavy atom. The van der Waals surface area contributed by atoms with Crippen molar-refractivity contribution in [2.24, 2.45) is 11.3 Å². The first-order chi connectivity index (χ1) is 14.4. The van der Waals surface area contributed by atoms with E-state index in [1.54, 1.807) is 0 Å². The number of rotatable bonds is 3. The van der Waals surface area contributed by atoms with E-state index in [0.717, 1.165) is 49.0 Å². The monoisotopic (exact) mass is 447 g/mol. The highest BCUT2D eigenvalue weighted by Crippen LogP contribution is 2.45. The SMILES string of the molecule is Cc1cc(CN2CCC3(CCOCC3)C(C(=O)O)C2)cc(C)c1O.O=C(O)C(F)(F)F. The lowest BCUT2D eigenvalue weighted by molar-refractivity contribution is -0.192. The van der Waals surface area contributed by atoms with Gasteiger partial charge in [-0.1, -0.05) is 12.1 Å². The number of likely N-dealkylation sites (tertiary alicyclic amines) is 1. The molecule has 7 nitrogen and oxygen atoms in total. The first kappa shape index (κ1) is 24.9. The third-order valence-corrected chi connectivity index (χ3v) is 6.09. The van der Waals surface area contributed by atoms with Gasteiger partial charge < -0.3 is 20.1 Å². The van der Waals surface area contributed by atoms with Gasteiger partial charge in [-0.2, -0.15) is 13.2 Å². The number of piperidine rings is 1. The van der Waals surface area contributed by atoms with Crippen LogP contribution in [0.2, 0.25) is 0 Å². The number of hydrogen-bond acceptors (Lipinski definition) is 5. The first-order valence-corrected chi connectivity index (χ1v) is 9.98. The van der Waals surface area contributed by atoms with Crippen molar-refractivity contribution in [3.8, 4) is 5.75 Å². The highest BCUT2D eigenvalue weighted by atomic mass is 19.4. The minimum absolute atomic E-state index is 0.0959. The van der Waals surface area contributed by atoms with Gasteiger partial charge >= 0.3 is 18.1 Å². The van der Waals surface area contributed by atoms with Crippen LogP contribution < -0.4 is 0 Å². The Kier molecular flexibility index (Phi) is 7.93. The van der Waals surface area contributed by atoms with E-state index >= 15 is 0 Å². The Morgan fingerprint density at radius 2 is 1.65 bits per heavy atom. The molecule has 1 atom stereocenters. The number of phenols is 1. The Morgan fingerprint density at radius 1 is 1.13 bits per heavy atom. The molecular formula is C21H28F3NO6. The molecule has 0 saturated carbocycles. The van der Waals surface area contributed by atoms with Crippen LogP contribution in [0.1, 0.15) is 36.0 Å². The maximum absolute atomic E-state index is 11.9. The topological polar surface area (TPSA) is 107 Å². The Hall–Kier alpha value is -2.33. The van der Waals surface area contributed by atoms with Gasteiger partial charge in [0.2, 0.25) is 0 Å². The number of aromatic hydroxyl groups is 1. The van der Waals surface area contributed by atoms with Crippen molar-refractivity contribution in [2.75, 3.05) is 26.3 Å². The van der Waals surface area contributed by atoms with E-state index in [1.165, 1.54) is 0 Å². The number of carboxylic acids is 2. The van der Waals surface area contributed by atoms with Crippen molar-refractivity contribution in [1.29, 1.82) is 0 Å². The lowest BCUT2D eigenvalue weighted by Gasteiger charge is -2.48. The molecule has 2 fully saturated rings. The molecule has 0 aromatic heterocycles. The van der Waals surface area contributed by atoms with Gasteiger partial charge in [0.05, 0.1) is 5.92 Å². The Bertz CT molecular complexity index is 782. The maximum Gasteiger partial charge on any atom is 0.490 e. The molecule has 0 bridgehead atoms. The first-order valence-electron chi connectivity index (χ1n) is 9.98. The van der Waals surface area contributed by atoms with Crippen molar-refractivity contribution in [3.05, 3.63) is 28.8 Å². The second kappa shape index (κ2) is 9.86. The Labute approximate surface area is 178 Å². The summed E-state index contributed by atoms with van der Waals surface area (Å²) < 4.78 is 37.2. The summed E-state index contributed by atoms with van der Waals surface area (Å²) in [5, 5.41) is 26.8. The zero-order valence-electron chi connectivity index (χ0n) is 17.5. The zero-order chi connectivity index (χ0) is 23.4. The predicted molar refractivity (Wildman–Crippen MR) is 105 cm³/mol. The molecule has 2 heterocycles. The summed E-state index contributed by atoms with van der Waals surface area (Å²) in [6.07, 6.45) is -2.45. The van der Waals surface area contributed by atoms with Crippen molar-refractivity contribution in [3.63, 3.8) is 0 Å². The molecule has 2 saturated heterocycles. The molecule has 0 radical (unpaired) electrons. The third kappa shape index (κ3) is 6.33. The summed E-state index contributed by atoms with van der Waals surface area (Å²) in [4.78, 5) is 23.0. The molecule has 1 spiro atoms. The quantitative estimate of drug-likeness (QED) is 0.652.